The van der Waals surface area contributed by atoms with Gasteiger partial charge in [-0.2, -0.15) is 15.3 Å². The standard InChI is InChI=1S/C8H3ClFN5/c9-8-12-4-6(10)7(13-8)15-2-1-5(3-11)14-15/h1-2,4H. The zero-order chi connectivity index (χ0) is 10.8. The zero-order valence-corrected chi connectivity index (χ0v) is 7.98. The number of hydrogen-bond donors (Lipinski definition) is 0. The highest BCUT2D eigenvalue weighted by Crippen LogP contribution is 2.11. The van der Waals surface area contributed by atoms with Crippen LogP contribution in [0.1, 0.15) is 5.69 Å². The normalized spacial score (nSPS) is 9.93. The predicted molar refractivity (Wildman–Crippen MR) is 48.8 cm³/mol. The topological polar surface area (TPSA) is 67.4 Å². The predicted octanol–water partition coefficient (Wildman–Crippen LogP) is 1.33. The summed E-state index contributed by atoms with van der Waals surface area (Å²) in [7, 11) is 0. The third kappa shape index (κ3) is 1.78. The average Bonchev–Trinajstić information content (AvgIpc) is 2.70. The smallest absolute Gasteiger partial charge is 0.223 e. The van der Waals surface area contributed by atoms with Gasteiger partial charge < -0.3 is 0 Å². The van der Waals surface area contributed by atoms with Crippen LogP contribution in [0.15, 0.2) is 18.5 Å². The van der Waals surface area contributed by atoms with E-state index in [4.69, 9.17) is 16.9 Å². The van der Waals surface area contributed by atoms with Crippen molar-refractivity contribution in [1.82, 2.24) is 19.7 Å². The first-order chi connectivity index (χ1) is 7.20. The minimum absolute atomic E-state index is 0.0830. The van der Waals surface area contributed by atoms with E-state index in [1.165, 1.54) is 12.3 Å². The molecule has 0 fully saturated rings. The molecule has 0 aliphatic rings. The van der Waals surface area contributed by atoms with Crippen molar-refractivity contribution in [3.05, 3.63) is 35.3 Å². The largest absolute Gasteiger partial charge is 0.224 e. The summed E-state index contributed by atoms with van der Waals surface area (Å²) in [6.45, 7) is 0. The molecular formula is C8H3ClFN5. The lowest BCUT2D eigenvalue weighted by Crippen LogP contribution is -2.03. The van der Waals surface area contributed by atoms with Crippen LogP contribution < -0.4 is 0 Å². The molecule has 0 radical (unpaired) electrons. The lowest BCUT2D eigenvalue weighted by Gasteiger charge is -2.00. The van der Waals surface area contributed by atoms with E-state index in [9.17, 15) is 4.39 Å². The molecule has 2 heterocycles. The lowest BCUT2D eigenvalue weighted by atomic mass is 10.5. The van der Waals surface area contributed by atoms with E-state index >= 15 is 0 Å². The third-order valence-electron chi connectivity index (χ3n) is 1.62. The molecule has 0 saturated carbocycles. The second-order valence-corrected chi connectivity index (χ2v) is 2.91. The Balaban J connectivity index is 2.54. The second kappa shape index (κ2) is 3.63. The van der Waals surface area contributed by atoms with E-state index in [2.05, 4.69) is 15.1 Å². The van der Waals surface area contributed by atoms with Crippen LogP contribution in [0.3, 0.4) is 0 Å². The molecule has 0 spiro atoms. The number of nitriles is 1. The maximum atomic E-state index is 13.2. The van der Waals surface area contributed by atoms with Gasteiger partial charge in [0.05, 0.1) is 6.20 Å². The van der Waals surface area contributed by atoms with Crippen molar-refractivity contribution >= 4 is 11.6 Å². The van der Waals surface area contributed by atoms with E-state index in [1.54, 1.807) is 0 Å². The first kappa shape index (κ1) is 9.55. The van der Waals surface area contributed by atoms with Gasteiger partial charge in [-0.15, -0.1) is 0 Å². The van der Waals surface area contributed by atoms with E-state index in [-0.39, 0.29) is 16.8 Å². The van der Waals surface area contributed by atoms with Crippen molar-refractivity contribution in [3.8, 4) is 11.9 Å². The molecule has 2 aromatic heterocycles. The zero-order valence-electron chi connectivity index (χ0n) is 7.22. The van der Waals surface area contributed by atoms with Gasteiger partial charge in [-0.3, -0.25) is 0 Å². The van der Waals surface area contributed by atoms with Crippen LogP contribution in [0.25, 0.3) is 5.82 Å². The number of nitrogens with zero attached hydrogens (tertiary/aromatic N) is 5. The lowest BCUT2D eigenvalue weighted by molar-refractivity contribution is 0.592. The highest BCUT2D eigenvalue weighted by Gasteiger charge is 2.09. The first-order valence-electron chi connectivity index (χ1n) is 3.85. The van der Waals surface area contributed by atoms with Gasteiger partial charge in [-0.05, 0) is 17.7 Å². The van der Waals surface area contributed by atoms with Crippen LogP contribution in [0.2, 0.25) is 5.28 Å². The molecule has 15 heavy (non-hydrogen) atoms. The number of hydrogen-bond acceptors (Lipinski definition) is 4. The van der Waals surface area contributed by atoms with Crippen LogP contribution in [0, 0.1) is 17.1 Å². The van der Waals surface area contributed by atoms with E-state index < -0.39 is 5.82 Å². The summed E-state index contributed by atoms with van der Waals surface area (Å²) < 4.78 is 14.4. The van der Waals surface area contributed by atoms with Crippen molar-refractivity contribution < 1.29 is 4.39 Å². The third-order valence-corrected chi connectivity index (χ3v) is 1.80. The fourth-order valence-corrected chi connectivity index (χ4v) is 1.13. The van der Waals surface area contributed by atoms with Gasteiger partial charge in [-0.1, -0.05) is 0 Å². The average molecular weight is 224 g/mol. The highest BCUT2D eigenvalue weighted by molar-refractivity contribution is 6.28. The Morgan fingerprint density at radius 3 is 3.00 bits per heavy atom. The van der Waals surface area contributed by atoms with Crippen LogP contribution >= 0.6 is 11.6 Å². The van der Waals surface area contributed by atoms with E-state index in [0.717, 1.165) is 10.9 Å². The molecule has 0 unspecified atom stereocenters. The fraction of sp³-hybridized carbons (Fsp3) is 0. The summed E-state index contributed by atoms with van der Waals surface area (Å²) in [5.74, 6) is -0.747. The Labute approximate surface area is 88.8 Å². The molecule has 2 rings (SSSR count). The van der Waals surface area contributed by atoms with Crippen LogP contribution in [-0.2, 0) is 0 Å². The molecule has 74 valence electrons. The van der Waals surface area contributed by atoms with Crippen molar-refractivity contribution in [3.63, 3.8) is 0 Å². The molecule has 0 aliphatic carbocycles. The van der Waals surface area contributed by atoms with E-state index in [0.29, 0.717) is 0 Å². The summed E-state index contributed by atoms with van der Waals surface area (Å²) in [6, 6.07) is 3.26. The Morgan fingerprint density at radius 2 is 2.33 bits per heavy atom. The van der Waals surface area contributed by atoms with Crippen molar-refractivity contribution in [1.29, 1.82) is 5.26 Å². The second-order valence-electron chi connectivity index (χ2n) is 2.57. The Kier molecular flexibility index (Phi) is 2.31. The monoisotopic (exact) mass is 223 g/mol. The van der Waals surface area contributed by atoms with Crippen LogP contribution in [0.5, 0.6) is 0 Å². The summed E-state index contributed by atoms with van der Waals surface area (Å²) in [4.78, 5) is 7.13. The number of halogens is 2. The van der Waals surface area contributed by atoms with Crippen molar-refractivity contribution in [2.75, 3.05) is 0 Å². The van der Waals surface area contributed by atoms with E-state index in [1.807, 2.05) is 6.07 Å². The number of aromatic nitrogens is 4. The summed E-state index contributed by atoms with van der Waals surface area (Å²) >= 11 is 5.51. The van der Waals surface area contributed by atoms with Gasteiger partial charge in [-0.25, -0.2) is 14.1 Å². The van der Waals surface area contributed by atoms with Gasteiger partial charge in [0.25, 0.3) is 0 Å². The van der Waals surface area contributed by atoms with Gasteiger partial charge in [0, 0.05) is 6.20 Å². The Morgan fingerprint density at radius 1 is 1.53 bits per heavy atom. The molecule has 0 aromatic carbocycles. The molecular weight excluding hydrogens is 221 g/mol. The minimum atomic E-state index is -0.660. The summed E-state index contributed by atoms with van der Waals surface area (Å²) in [5, 5.41) is 12.2. The summed E-state index contributed by atoms with van der Waals surface area (Å²) in [6.07, 6.45) is 2.36. The quantitative estimate of drug-likeness (QED) is 0.684. The maximum absolute atomic E-state index is 13.2. The molecule has 0 aliphatic heterocycles. The van der Waals surface area contributed by atoms with Gasteiger partial charge >= 0.3 is 0 Å². The van der Waals surface area contributed by atoms with Crippen molar-refractivity contribution in [2.24, 2.45) is 0 Å². The molecule has 0 atom stereocenters. The highest BCUT2D eigenvalue weighted by atomic mass is 35.5. The van der Waals surface area contributed by atoms with Gasteiger partial charge in [0.2, 0.25) is 5.28 Å². The minimum Gasteiger partial charge on any atom is -0.223 e. The van der Waals surface area contributed by atoms with Crippen molar-refractivity contribution in [2.45, 2.75) is 0 Å². The molecule has 0 N–H and O–H groups in total. The Hall–Kier alpha value is -2.00. The summed E-state index contributed by atoms with van der Waals surface area (Å²) in [5.41, 5.74) is 0.170. The molecule has 7 heteroatoms. The van der Waals surface area contributed by atoms with Crippen LogP contribution in [-0.4, -0.2) is 19.7 Å². The first-order valence-corrected chi connectivity index (χ1v) is 4.22. The number of rotatable bonds is 1. The Bertz CT molecular complexity index is 544. The molecule has 2 aromatic rings. The maximum Gasteiger partial charge on any atom is 0.224 e. The SMILES string of the molecule is N#Cc1ccn(-c2nc(Cl)ncc2F)n1. The fourth-order valence-electron chi connectivity index (χ4n) is 1.000. The molecule has 0 saturated heterocycles. The molecule has 0 bridgehead atoms. The molecule has 5 nitrogen and oxygen atoms in total. The van der Waals surface area contributed by atoms with Gasteiger partial charge in [0.1, 0.15) is 6.07 Å². The van der Waals surface area contributed by atoms with Gasteiger partial charge in [0.15, 0.2) is 17.3 Å². The van der Waals surface area contributed by atoms with Crippen LogP contribution in [0.4, 0.5) is 4.39 Å². The molecule has 0 amide bonds.